The molecule has 1 aliphatic heterocycles. The fourth-order valence-electron chi connectivity index (χ4n) is 2.19. The second-order valence-corrected chi connectivity index (χ2v) is 7.52. The fourth-order valence-corrected chi connectivity index (χ4v) is 5.37. The summed E-state index contributed by atoms with van der Waals surface area (Å²) >= 11 is 7.46. The van der Waals surface area contributed by atoms with Gasteiger partial charge in [-0.2, -0.15) is 0 Å². The van der Waals surface area contributed by atoms with Crippen LogP contribution >= 0.6 is 39.5 Å². The van der Waals surface area contributed by atoms with Crippen LogP contribution in [0.25, 0.3) is 0 Å². The van der Waals surface area contributed by atoms with Gasteiger partial charge in [-0.05, 0) is 45.8 Å². The number of thioether (sulfide) groups is 2. The summed E-state index contributed by atoms with van der Waals surface area (Å²) in [6.45, 7) is 0. The fraction of sp³-hybridized carbons (Fsp3) is 0.200. The Kier molecular flexibility index (Phi) is 4.10. The largest absolute Gasteiger partial charge is 0.399 e. The van der Waals surface area contributed by atoms with Gasteiger partial charge in [0.15, 0.2) is 0 Å². The van der Waals surface area contributed by atoms with Crippen LogP contribution < -0.4 is 5.73 Å². The van der Waals surface area contributed by atoms with Crippen molar-refractivity contribution in [3.05, 3.63) is 52.5 Å². The zero-order valence-corrected chi connectivity index (χ0v) is 13.5. The van der Waals surface area contributed by atoms with Crippen molar-refractivity contribution in [2.75, 3.05) is 17.2 Å². The Bertz CT molecular complexity index is 600. The molecule has 0 spiro atoms. The van der Waals surface area contributed by atoms with E-state index in [1.807, 2.05) is 35.7 Å². The molecule has 3 rings (SSSR count). The highest BCUT2D eigenvalue weighted by molar-refractivity contribution is 9.10. The van der Waals surface area contributed by atoms with Crippen molar-refractivity contribution in [3.63, 3.8) is 0 Å². The summed E-state index contributed by atoms with van der Waals surface area (Å²) in [5.74, 6) is 2.96. The quantitative estimate of drug-likeness (QED) is 0.621. The van der Waals surface area contributed by atoms with Crippen LogP contribution in [0.5, 0.6) is 0 Å². The van der Waals surface area contributed by atoms with E-state index in [1.165, 1.54) is 21.1 Å². The Morgan fingerprint density at radius 2 is 2.11 bits per heavy atom. The molecule has 1 nitrogen and oxygen atoms in total. The Morgan fingerprint density at radius 3 is 2.95 bits per heavy atom. The van der Waals surface area contributed by atoms with E-state index in [9.17, 15) is 0 Å². The van der Waals surface area contributed by atoms with Crippen LogP contribution in [0.1, 0.15) is 11.5 Å². The van der Waals surface area contributed by atoms with Crippen LogP contribution in [0.2, 0.25) is 0 Å². The summed E-state index contributed by atoms with van der Waals surface area (Å²) in [6, 6.07) is 14.8. The van der Waals surface area contributed by atoms with Gasteiger partial charge in [0.2, 0.25) is 0 Å². The van der Waals surface area contributed by atoms with Crippen molar-refractivity contribution in [3.8, 4) is 0 Å². The smallest absolute Gasteiger partial charge is 0.0331 e. The van der Waals surface area contributed by atoms with E-state index in [2.05, 4.69) is 46.3 Å². The van der Waals surface area contributed by atoms with Gasteiger partial charge in [0.05, 0.1) is 0 Å². The molecule has 1 heterocycles. The predicted molar refractivity (Wildman–Crippen MR) is 89.2 cm³/mol. The van der Waals surface area contributed by atoms with E-state index < -0.39 is 0 Å². The van der Waals surface area contributed by atoms with Crippen molar-refractivity contribution in [1.29, 1.82) is 0 Å². The highest BCUT2D eigenvalue weighted by Gasteiger charge is 2.22. The van der Waals surface area contributed by atoms with Crippen LogP contribution in [0.4, 0.5) is 5.69 Å². The monoisotopic (exact) mass is 351 g/mol. The summed E-state index contributed by atoms with van der Waals surface area (Å²) in [6.07, 6.45) is 0. The molecule has 0 saturated carbocycles. The van der Waals surface area contributed by atoms with Crippen molar-refractivity contribution in [2.24, 2.45) is 0 Å². The molecule has 2 N–H and O–H groups in total. The van der Waals surface area contributed by atoms with Gasteiger partial charge in [0, 0.05) is 37.4 Å². The highest BCUT2D eigenvalue weighted by atomic mass is 79.9. The van der Waals surface area contributed by atoms with E-state index in [0.717, 1.165) is 15.9 Å². The molecule has 0 aromatic heterocycles. The van der Waals surface area contributed by atoms with Gasteiger partial charge < -0.3 is 5.73 Å². The number of hydrogen-bond donors (Lipinski definition) is 1. The number of nitrogen functional groups attached to an aromatic ring is 1. The van der Waals surface area contributed by atoms with Crippen LogP contribution in [-0.2, 0) is 0 Å². The zero-order chi connectivity index (χ0) is 13.2. The first kappa shape index (κ1) is 13.4. The maximum absolute atomic E-state index is 5.77. The number of hydrogen-bond acceptors (Lipinski definition) is 3. The Balaban J connectivity index is 1.71. The van der Waals surface area contributed by atoms with Gasteiger partial charge in [-0.15, -0.1) is 23.5 Å². The van der Waals surface area contributed by atoms with E-state index in [4.69, 9.17) is 5.73 Å². The molecule has 19 heavy (non-hydrogen) atoms. The normalized spacial score (nSPS) is 17.4. The van der Waals surface area contributed by atoms with Crippen molar-refractivity contribution in [1.82, 2.24) is 0 Å². The van der Waals surface area contributed by atoms with Gasteiger partial charge in [0.1, 0.15) is 0 Å². The molecule has 0 amide bonds. The number of anilines is 1. The Morgan fingerprint density at radius 1 is 1.26 bits per heavy atom. The molecule has 0 bridgehead atoms. The minimum Gasteiger partial charge on any atom is -0.399 e. The lowest BCUT2D eigenvalue weighted by molar-refractivity contribution is 0.896. The van der Waals surface area contributed by atoms with E-state index >= 15 is 0 Å². The number of halogens is 1. The molecule has 0 radical (unpaired) electrons. The number of rotatable bonds is 3. The molecule has 2 aromatic carbocycles. The van der Waals surface area contributed by atoms with Crippen LogP contribution in [0, 0.1) is 0 Å². The molecular weight excluding hydrogens is 338 g/mol. The third kappa shape index (κ3) is 2.96. The number of nitrogens with two attached hydrogens (primary N) is 1. The molecule has 98 valence electrons. The number of benzene rings is 2. The summed E-state index contributed by atoms with van der Waals surface area (Å²) in [7, 11) is 0. The summed E-state index contributed by atoms with van der Waals surface area (Å²) < 4.78 is 1.09. The van der Waals surface area contributed by atoms with E-state index in [0.29, 0.717) is 5.92 Å². The van der Waals surface area contributed by atoms with Gasteiger partial charge >= 0.3 is 0 Å². The van der Waals surface area contributed by atoms with Crippen LogP contribution in [-0.4, -0.2) is 11.5 Å². The van der Waals surface area contributed by atoms with E-state index in [-0.39, 0.29) is 0 Å². The van der Waals surface area contributed by atoms with Crippen molar-refractivity contribution in [2.45, 2.75) is 15.7 Å². The minimum atomic E-state index is 0.649. The number of fused-ring (bicyclic) bond motifs is 1. The minimum absolute atomic E-state index is 0.649. The highest BCUT2D eigenvalue weighted by Crippen LogP contribution is 2.42. The van der Waals surface area contributed by atoms with Crippen molar-refractivity contribution < 1.29 is 0 Å². The Hall–Kier alpha value is -0.580. The van der Waals surface area contributed by atoms with Gasteiger partial charge in [-0.25, -0.2) is 0 Å². The average Bonchev–Trinajstić information content (AvgIpc) is 2.81. The van der Waals surface area contributed by atoms with Gasteiger partial charge in [0.25, 0.3) is 0 Å². The standard InChI is InChI=1S/C15H14BrNS2/c16-13-7-11(17)5-6-15(13)19-9-10-8-18-14-4-2-1-3-12(10)14/h1-7,10H,8-9,17H2. The molecule has 1 aliphatic rings. The van der Waals surface area contributed by atoms with Gasteiger partial charge in [-0.3, -0.25) is 0 Å². The second kappa shape index (κ2) is 5.81. The summed E-state index contributed by atoms with van der Waals surface area (Å²) in [5, 5.41) is 0. The second-order valence-electron chi connectivity index (χ2n) is 4.55. The summed E-state index contributed by atoms with van der Waals surface area (Å²) in [4.78, 5) is 2.72. The lowest BCUT2D eigenvalue weighted by atomic mass is 10.0. The lowest BCUT2D eigenvalue weighted by Crippen LogP contribution is -2.00. The first-order chi connectivity index (χ1) is 9.24. The average molecular weight is 352 g/mol. The topological polar surface area (TPSA) is 26.0 Å². The molecule has 0 saturated heterocycles. The molecule has 2 aromatic rings. The molecule has 1 unspecified atom stereocenters. The Labute approximate surface area is 130 Å². The molecule has 0 aliphatic carbocycles. The van der Waals surface area contributed by atoms with Crippen LogP contribution in [0.15, 0.2) is 56.7 Å². The first-order valence-corrected chi connectivity index (χ1v) is 8.90. The predicted octanol–water partition coefficient (Wildman–Crippen LogP) is 5.01. The maximum Gasteiger partial charge on any atom is 0.0331 e. The summed E-state index contributed by atoms with van der Waals surface area (Å²) in [5.41, 5.74) is 8.08. The zero-order valence-electron chi connectivity index (χ0n) is 10.3. The molecular formula is C15H14BrNS2. The molecule has 4 heteroatoms. The van der Waals surface area contributed by atoms with Crippen molar-refractivity contribution >= 4 is 45.1 Å². The first-order valence-electron chi connectivity index (χ1n) is 6.13. The van der Waals surface area contributed by atoms with Crippen LogP contribution in [0.3, 0.4) is 0 Å². The lowest BCUT2D eigenvalue weighted by Gasteiger charge is -2.11. The third-order valence-electron chi connectivity index (χ3n) is 3.19. The maximum atomic E-state index is 5.77. The van der Waals surface area contributed by atoms with Gasteiger partial charge in [-0.1, -0.05) is 18.2 Å². The SMILES string of the molecule is Nc1ccc(SCC2CSc3ccccc32)c(Br)c1. The third-order valence-corrected chi connectivity index (χ3v) is 6.60. The molecule has 1 atom stereocenters. The molecule has 0 fully saturated rings. The van der Waals surface area contributed by atoms with E-state index in [1.54, 1.807) is 0 Å².